The molecule has 2 aliphatic carbocycles. The molecule has 0 unspecified atom stereocenters. The Bertz CT molecular complexity index is 1660. The molecule has 3 fully saturated rings. The quantitative estimate of drug-likeness (QED) is 0.417. The first-order chi connectivity index (χ1) is 19.6. The topological polar surface area (TPSA) is 134 Å². The largest absolute Gasteiger partial charge is 0.425 e. The molecule has 10 nitrogen and oxygen atoms in total. The number of benzene rings is 2. The third-order valence-electron chi connectivity index (χ3n) is 8.04. The number of carbonyl (C=O) groups is 2. The summed E-state index contributed by atoms with van der Waals surface area (Å²) in [5.41, 5.74) is -0.434. The number of halogens is 2. The van der Waals surface area contributed by atoms with Crippen molar-refractivity contribution in [2.75, 3.05) is 6.54 Å². The Kier molecular flexibility index (Phi) is 6.76. The molecule has 41 heavy (non-hydrogen) atoms. The van der Waals surface area contributed by atoms with Gasteiger partial charge in [-0.2, -0.15) is 5.26 Å². The van der Waals surface area contributed by atoms with Crippen LogP contribution in [0, 0.1) is 11.3 Å². The number of imidazole rings is 1. The van der Waals surface area contributed by atoms with Crippen molar-refractivity contribution in [3.8, 4) is 11.8 Å². The maximum absolute atomic E-state index is 14.0. The Balaban J connectivity index is 1.29. The van der Waals surface area contributed by atoms with Gasteiger partial charge in [0.05, 0.1) is 33.0 Å². The second-order valence-corrected chi connectivity index (χ2v) is 13.8. The molecule has 1 aromatic heterocycles. The van der Waals surface area contributed by atoms with E-state index in [2.05, 4.69) is 16.4 Å². The zero-order chi connectivity index (χ0) is 29.0. The van der Waals surface area contributed by atoms with Crippen LogP contribution in [0.15, 0.2) is 66.1 Å². The van der Waals surface area contributed by atoms with Gasteiger partial charge in [-0.15, -0.1) is 0 Å². The van der Waals surface area contributed by atoms with Gasteiger partial charge in [-0.05, 0) is 61.6 Å². The highest BCUT2D eigenvalue weighted by molar-refractivity contribution is 7.92. The van der Waals surface area contributed by atoms with E-state index in [1.165, 1.54) is 17.0 Å². The van der Waals surface area contributed by atoms with Crippen LogP contribution in [0.25, 0.3) is 5.69 Å². The van der Waals surface area contributed by atoms with Gasteiger partial charge in [0, 0.05) is 36.1 Å². The predicted molar refractivity (Wildman–Crippen MR) is 149 cm³/mol. The number of likely N-dealkylation sites (tertiary alicyclic amines) is 1. The highest BCUT2D eigenvalue weighted by atomic mass is 35.5. The van der Waals surface area contributed by atoms with Crippen LogP contribution in [-0.2, 0) is 24.8 Å². The monoisotopic (exact) mass is 613 g/mol. The van der Waals surface area contributed by atoms with E-state index in [-0.39, 0.29) is 28.8 Å². The van der Waals surface area contributed by atoms with Gasteiger partial charge in [-0.25, -0.2) is 18.2 Å². The van der Waals surface area contributed by atoms with Crippen molar-refractivity contribution in [3.63, 3.8) is 0 Å². The average Bonchev–Trinajstić information content (AvgIpc) is 3.80. The summed E-state index contributed by atoms with van der Waals surface area (Å²) in [5, 5.41) is 11.4. The van der Waals surface area contributed by atoms with Crippen molar-refractivity contribution in [2.24, 2.45) is 0 Å². The molecule has 2 atom stereocenters. The standard InChI is InChI=1S/C28H25Cl2N5O5S/c29-19-3-1-18(2-4-19)28(9-10-28)25(36)35-15-21(14-24(35)40-26(37)33-27(16-31)7-8-27)41(38,39)23-6-5-20(13-22(23)30)34-12-11-32-17-34/h1-6,11-13,17,21,24H,7-10,14-15H2,(H,33,37)/t21-,24+/m1/s1. The maximum atomic E-state index is 14.0. The Morgan fingerprint density at radius 2 is 1.83 bits per heavy atom. The number of rotatable bonds is 7. The SMILES string of the molecule is N#CC1(NC(=O)O[C@H]2C[C@@H](S(=O)(=O)c3ccc(-n4ccnc4)cc3Cl)CN2C(=O)C2(c3ccc(Cl)cc3)CC2)CC1. The first-order valence-electron chi connectivity index (χ1n) is 13.1. The van der Waals surface area contributed by atoms with Gasteiger partial charge in [0.15, 0.2) is 16.1 Å². The summed E-state index contributed by atoms with van der Waals surface area (Å²) in [7, 11) is -4.05. The van der Waals surface area contributed by atoms with Gasteiger partial charge < -0.3 is 19.5 Å². The van der Waals surface area contributed by atoms with Crippen LogP contribution < -0.4 is 5.32 Å². The molecule has 3 aromatic rings. The molecular formula is C28H25Cl2N5O5S. The van der Waals surface area contributed by atoms with E-state index in [1.807, 2.05) is 0 Å². The maximum Gasteiger partial charge on any atom is 0.410 e. The van der Waals surface area contributed by atoms with E-state index in [0.717, 1.165) is 5.56 Å². The van der Waals surface area contributed by atoms with E-state index in [4.69, 9.17) is 27.9 Å². The van der Waals surface area contributed by atoms with Gasteiger partial charge in [0.25, 0.3) is 0 Å². The molecule has 2 heterocycles. The van der Waals surface area contributed by atoms with Crippen LogP contribution >= 0.6 is 23.2 Å². The van der Waals surface area contributed by atoms with Crippen molar-refractivity contribution in [2.45, 2.75) is 59.4 Å². The molecule has 0 bridgehead atoms. The van der Waals surface area contributed by atoms with E-state index in [9.17, 15) is 23.3 Å². The lowest BCUT2D eigenvalue weighted by atomic mass is 9.94. The van der Waals surface area contributed by atoms with Gasteiger partial charge in [0.2, 0.25) is 5.91 Å². The fraction of sp³-hybridized carbons (Fsp3) is 0.357. The minimum atomic E-state index is -4.05. The predicted octanol–water partition coefficient (Wildman–Crippen LogP) is 4.39. The molecule has 2 amide bonds. The van der Waals surface area contributed by atoms with Crippen LogP contribution in [0.2, 0.25) is 10.0 Å². The molecular weight excluding hydrogens is 589 g/mol. The van der Waals surface area contributed by atoms with E-state index in [0.29, 0.717) is 36.4 Å². The number of hydrogen-bond acceptors (Lipinski definition) is 7. The van der Waals surface area contributed by atoms with Crippen LogP contribution in [0.4, 0.5) is 4.79 Å². The minimum Gasteiger partial charge on any atom is -0.425 e. The van der Waals surface area contributed by atoms with Crippen molar-refractivity contribution in [1.82, 2.24) is 19.8 Å². The molecule has 1 N–H and O–H groups in total. The fourth-order valence-electron chi connectivity index (χ4n) is 5.32. The zero-order valence-corrected chi connectivity index (χ0v) is 24.0. The second kappa shape index (κ2) is 10.0. The van der Waals surface area contributed by atoms with Gasteiger partial charge in [0.1, 0.15) is 5.54 Å². The Morgan fingerprint density at radius 3 is 2.41 bits per heavy atom. The first-order valence-corrected chi connectivity index (χ1v) is 15.4. The van der Waals surface area contributed by atoms with E-state index >= 15 is 0 Å². The smallest absolute Gasteiger partial charge is 0.410 e. The van der Waals surface area contributed by atoms with E-state index in [1.54, 1.807) is 53.6 Å². The Labute approximate surface area is 246 Å². The summed E-state index contributed by atoms with van der Waals surface area (Å²) in [6.07, 6.45) is 4.84. The van der Waals surface area contributed by atoms with Crippen LogP contribution in [0.5, 0.6) is 0 Å². The number of amides is 2. The Morgan fingerprint density at radius 1 is 1.10 bits per heavy atom. The molecule has 1 saturated heterocycles. The van der Waals surface area contributed by atoms with Crippen molar-refractivity contribution < 1.29 is 22.7 Å². The summed E-state index contributed by atoms with van der Waals surface area (Å²) in [5.74, 6) is -0.321. The lowest BCUT2D eigenvalue weighted by Crippen LogP contribution is -2.46. The number of sulfone groups is 1. The Hall–Kier alpha value is -3.59. The number of nitrogens with zero attached hydrogens (tertiary/aromatic N) is 4. The van der Waals surface area contributed by atoms with Crippen molar-refractivity contribution in [3.05, 3.63) is 76.8 Å². The third-order valence-corrected chi connectivity index (χ3v) is 10.9. The number of aromatic nitrogens is 2. The van der Waals surface area contributed by atoms with Gasteiger partial charge in [-0.1, -0.05) is 35.3 Å². The molecule has 2 saturated carbocycles. The van der Waals surface area contributed by atoms with Crippen LogP contribution in [0.1, 0.15) is 37.7 Å². The molecule has 6 rings (SSSR count). The fourth-order valence-corrected chi connectivity index (χ4v) is 7.67. The summed E-state index contributed by atoms with van der Waals surface area (Å²) in [6, 6.07) is 13.6. The number of hydrogen-bond donors (Lipinski definition) is 1. The van der Waals surface area contributed by atoms with Crippen LogP contribution in [-0.4, -0.2) is 58.4 Å². The molecule has 3 aliphatic rings. The van der Waals surface area contributed by atoms with Crippen molar-refractivity contribution >= 4 is 45.0 Å². The highest BCUT2D eigenvalue weighted by Gasteiger charge is 2.57. The normalized spacial score (nSPS) is 22.0. The van der Waals surface area contributed by atoms with Crippen molar-refractivity contribution in [1.29, 1.82) is 5.26 Å². The van der Waals surface area contributed by atoms with Gasteiger partial charge in [-0.3, -0.25) is 4.79 Å². The molecule has 13 heteroatoms. The second-order valence-electron chi connectivity index (χ2n) is 10.7. The average molecular weight is 615 g/mol. The number of carbonyl (C=O) groups excluding carboxylic acids is 2. The number of nitrogens with one attached hydrogen (secondary N) is 1. The summed E-state index contributed by atoms with van der Waals surface area (Å²) in [6.45, 7) is -0.183. The zero-order valence-electron chi connectivity index (χ0n) is 21.7. The highest BCUT2D eigenvalue weighted by Crippen LogP contribution is 2.51. The molecule has 0 radical (unpaired) electrons. The number of ether oxygens (including phenoxy) is 1. The lowest BCUT2D eigenvalue weighted by Gasteiger charge is -2.29. The lowest BCUT2D eigenvalue weighted by molar-refractivity contribution is -0.140. The van der Waals surface area contributed by atoms with E-state index < -0.39 is 38.4 Å². The summed E-state index contributed by atoms with van der Waals surface area (Å²) < 4.78 is 35.0. The molecule has 212 valence electrons. The van der Waals surface area contributed by atoms with Gasteiger partial charge >= 0.3 is 6.09 Å². The first kappa shape index (κ1) is 27.6. The minimum absolute atomic E-state index is 0.0284. The molecule has 1 aliphatic heterocycles. The molecule has 2 aromatic carbocycles. The third kappa shape index (κ3) is 5.05. The number of nitriles is 1. The summed E-state index contributed by atoms with van der Waals surface area (Å²) in [4.78, 5) is 32.0. The number of alkyl carbamates (subject to hydrolysis) is 1. The molecule has 0 spiro atoms. The summed E-state index contributed by atoms with van der Waals surface area (Å²) >= 11 is 12.5. The van der Waals surface area contributed by atoms with Crippen LogP contribution in [0.3, 0.4) is 0 Å².